The molecule has 11 heteroatoms. The molecule has 6 rings (SSSR count). The van der Waals surface area contributed by atoms with Crippen molar-refractivity contribution in [1.29, 1.82) is 0 Å². The molecular formula is C32H31N5O6. The van der Waals surface area contributed by atoms with Crippen molar-refractivity contribution in [2.75, 3.05) is 5.32 Å². The Bertz CT molecular complexity index is 1810. The van der Waals surface area contributed by atoms with Crippen LogP contribution in [0.2, 0.25) is 0 Å². The lowest BCUT2D eigenvalue weighted by molar-refractivity contribution is 0.0696. The molecule has 4 aromatic rings. The Kier molecular flexibility index (Phi) is 7.59. The predicted molar refractivity (Wildman–Crippen MR) is 158 cm³/mol. The topological polar surface area (TPSA) is 171 Å². The lowest BCUT2D eigenvalue weighted by Crippen LogP contribution is -2.38. The SMILES string of the molecule is Cc1c(NC2CCCc3ccc(CNC(=O)c4cc(C(O)N[C@H]5CCc6cc(C(=O)O)ccc65)ncn4)cc32)c(=O)c1=O. The van der Waals surface area contributed by atoms with Crippen molar-refractivity contribution in [2.45, 2.75) is 63.9 Å². The Morgan fingerprint density at radius 2 is 1.79 bits per heavy atom. The van der Waals surface area contributed by atoms with Gasteiger partial charge in [-0.2, -0.15) is 0 Å². The summed E-state index contributed by atoms with van der Waals surface area (Å²) in [5.41, 5.74) is 5.48. The molecule has 3 atom stereocenters. The average molecular weight is 582 g/mol. The van der Waals surface area contributed by atoms with E-state index in [2.05, 4.69) is 25.9 Å². The van der Waals surface area contributed by atoms with Gasteiger partial charge in [-0.15, -0.1) is 0 Å². The minimum Gasteiger partial charge on any atom is -0.478 e. The number of carboxylic acids is 1. The summed E-state index contributed by atoms with van der Waals surface area (Å²) >= 11 is 0. The van der Waals surface area contributed by atoms with Crippen molar-refractivity contribution >= 4 is 17.6 Å². The summed E-state index contributed by atoms with van der Waals surface area (Å²) in [6.07, 6.45) is 4.16. The summed E-state index contributed by atoms with van der Waals surface area (Å²) in [5, 5.41) is 29.4. The van der Waals surface area contributed by atoms with Crippen LogP contribution in [0.5, 0.6) is 0 Å². The zero-order chi connectivity index (χ0) is 30.2. The minimum atomic E-state index is -1.16. The molecule has 2 aliphatic rings. The molecule has 0 saturated carbocycles. The number of aliphatic hydroxyl groups excluding tert-OH is 1. The van der Waals surface area contributed by atoms with Crippen LogP contribution in [0.25, 0.3) is 0 Å². The number of aromatic carboxylic acids is 1. The molecule has 2 unspecified atom stereocenters. The highest BCUT2D eigenvalue weighted by atomic mass is 16.4. The van der Waals surface area contributed by atoms with Gasteiger partial charge in [0.25, 0.3) is 5.91 Å². The lowest BCUT2D eigenvalue weighted by atomic mass is 9.86. The summed E-state index contributed by atoms with van der Waals surface area (Å²) < 4.78 is 0. The van der Waals surface area contributed by atoms with Crippen LogP contribution < -0.4 is 26.8 Å². The molecule has 1 aromatic heterocycles. The number of fused-ring (bicyclic) bond motifs is 2. The molecular weight excluding hydrogens is 550 g/mol. The number of benzene rings is 2. The van der Waals surface area contributed by atoms with Gasteiger partial charge in [-0.05, 0) is 85.0 Å². The number of aliphatic hydroxyl groups is 1. The third-order valence-electron chi connectivity index (χ3n) is 8.47. The largest absolute Gasteiger partial charge is 0.478 e. The van der Waals surface area contributed by atoms with Gasteiger partial charge in [-0.25, -0.2) is 14.8 Å². The number of nitrogens with one attached hydrogen (secondary N) is 3. The van der Waals surface area contributed by atoms with Crippen LogP contribution in [-0.4, -0.2) is 32.1 Å². The number of hydrogen-bond donors (Lipinski definition) is 5. The molecule has 2 aliphatic carbocycles. The van der Waals surface area contributed by atoms with E-state index < -0.39 is 29.0 Å². The van der Waals surface area contributed by atoms with Crippen LogP contribution in [-0.2, 0) is 19.4 Å². The van der Waals surface area contributed by atoms with E-state index in [1.807, 2.05) is 18.2 Å². The summed E-state index contributed by atoms with van der Waals surface area (Å²) in [7, 11) is 0. The number of carbonyl (C=O) groups is 2. The Morgan fingerprint density at radius 1 is 0.953 bits per heavy atom. The van der Waals surface area contributed by atoms with E-state index in [4.69, 9.17) is 0 Å². The number of anilines is 1. The second-order valence-electron chi connectivity index (χ2n) is 11.2. The number of nitrogens with zero attached hydrogens (tertiary/aromatic N) is 2. The van der Waals surface area contributed by atoms with Gasteiger partial charge < -0.3 is 20.8 Å². The van der Waals surface area contributed by atoms with Crippen LogP contribution in [0, 0.1) is 6.92 Å². The van der Waals surface area contributed by atoms with Gasteiger partial charge in [0.05, 0.1) is 23.0 Å². The highest BCUT2D eigenvalue weighted by Gasteiger charge is 2.27. The van der Waals surface area contributed by atoms with Gasteiger partial charge in [0, 0.05) is 18.2 Å². The fourth-order valence-electron chi connectivity index (χ4n) is 6.08. The quantitative estimate of drug-likeness (QED) is 0.146. The van der Waals surface area contributed by atoms with E-state index in [-0.39, 0.29) is 35.6 Å². The number of rotatable bonds is 9. The Balaban J connectivity index is 1.10. The summed E-state index contributed by atoms with van der Waals surface area (Å²) in [5.74, 6) is -1.40. The molecule has 0 fully saturated rings. The van der Waals surface area contributed by atoms with Crippen molar-refractivity contribution in [3.05, 3.63) is 120 Å². The third kappa shape index (κ3) is 5.56. The fraction of sp³-hybridized carbons (Fsp3) is 0.312. The first-order valence-corrected chi connectivity index (χ1v) is 14.3. The second kappa shape index (κ2) is 11.5. The Labute approximate surface area is 246 Å². The third-order valence-corrected chi connectivity index (χ3v) is 8.47. The molecule has 5 N–H and O–H groups in total. The minimum absolute atomic E-state index is 0.0918. The zero-order valence-electron chi connectivity index (χ0n) is 23.5. The number of hydrogen-bond acceptors (Lipinski definition) is 9. The maximum atomic E-state index is 13.0. The van der Waals surface area contributed by atoms with Gasteiger partial charge in [0.15, 0.2) is 0 Å². The summed E-state index contributed by atoms with van der Waals surface area (Å²) in [4.78, 5) is 56.2. The van der Waals surface area contributed by atoms with E-state index in [9.17, 15) is 29.4 Å². The van der Waals surface area contributed by atoms with Crippen LogP contribution in [0.1, 0.15) is 97.5 Å². The number of carboxylic acid groups (broad SMARTS) is 1. The van der Waals surface area contributed by atoms with E-state index in [0.717, 1.165) is 41.5 Å². The van der Waals surface area contributed by atoms with Gasteiger partial charge in [-0.3, -0.25) is 19.7 Å². The number of aromatic nitrogens is 2. The first-order valence-electron chi connectivity index (χ1n) is 14.3. The van der Waals surface area contributed by atoms with Crippen LogP contribution >= 0.6 is 0 Å². The fourth-order valence-corrected chi connectivity index (χ4v) is 6.08. The standard InChI is InChI=1S/C32H31N5O6/c1-16-27(29(39)28(16)38)36-23-4-2-3-18-6-5-17(11-22(18)23)14-33-30(40)25-13-26(35-15-34-25)31(41)37-24-10-8-19-12-20(32(42)43)7-9-21(19)24/h5-7,9,11-13,15,23-24,31,36-37,41H,2-4,8,10,14H2,1H3,(H,33,40)(H,42,43)/t23?,24-,31?/m0/s1. The van der Waals surface area contributed by atoms with Crippen LogP contribution in [0.15, 0.2) is 58.4 Å². The maximum absolute atomic E-state index is 13.0. The molecule has 0 radical (unpaired) electrons. The lowest BCUT2D eigenvalue weighted by Gasteiger charge is -2.28. The molecule has 0 saturated heterocycles. The summed E-state index contributed by atoms with van der Waals surface area (Å²) in [6.45, 7) is 1.90. The van der Waals surface area contributed by atoms with Gasteiger partial charge in [-0.1, -0.05) is 24.3 Å². The molecule has 1 heterocycles. The number of carbonyl (C=O) groups excluding carboxylic acids is 1. The molecule has 0 bridgehead atoms. The Hall–Kier alpha value is -4.74. The van der Waals surface area contributed by atoms with Gasteiger partial charge in [0.1, 0.15) is 18.2 Å². The van der Waals surface area contributed by atoms with Gasteiger partial charge >= 0.3 is 5.97 Å². The molecule has 11 nitrogen and oxygen atoms in total. The normalized spacial score (nSPS) is 18.1. The summed E-state index contributed by atoms with van der Waals surface area (Å²) in [6, 6.07) is 12.2. The zero-order valence-corrected chi connectivity index (χ0v) is 23.5. The number of aryl methyl sites for hydroxylation is 2. The second-order valence-corrected chi connectivity index (χ2v) is 11.2. The molecule has 220 valence electrons. The molecule has 3 aromatic carbocycles. The maximum Gasteiger partial charge on any atom is 0.335 e. The van der Waals surface area contributed by atoms with E-state index in [1.54, 1.807) is 25.1 Å². The highest BCUT2D eigenvalue weighted by molar-refractivity contribution is 5.92. The van der Waals surface area contributed by atoms with Crippen LogP contribution in [0.4, 0.5) is 5.69 Å². The van der Waals surface area contributed by atoms with Crippen molar-refractivity contribution in [1.82, 2.24) is 20.6 Å². The molecule has 0 spiro atoms. The van der Waals surface area contributed by atoms with Crippen molar-refractivity contribution in [2.24, 2.45) is 0 Å². The first-order chi connectivity index (χ1) is 20.7. The molecule has 1 amide bonds. The molecule has 0 aliphatic heterocycles. The first kappa shape index (κ1) is 28.4. The molecule has 43 heavy (non-hydrogen) atoms. The predicted octanol–water partition coefficient (Wildman–Crippen LogP) is 2.77. The monoisotopic (exact) mass is 581 g/mol. The Morgan fingerprint density at radius 3 is 2.58 bits per heavy atom. The van der Waals surface area contributed by atoms with Crippen LogP contribution in [0.3, 0.4) is 0 Å². The van der Waals surface area contributed by atoms with Crippen molar-refractivity contribution in [3.8, 4) is 0 Å². The van der Waals surface area contributed by atoms with E-state index >= 15 is 0 Å². The van der Waals surface area contributed by atoms with Crippen molar-refractivity contribution in [3.63, 3.8) is 0 Å². The highest BCUT2D eigenvalue weighted by Crippen LogP contribution is 2.34. The van der Waals surface area contributed by atoms with Crippen molar-refractivity contribution < 1.29 is 19.8 Å². The average Bonchev–Trinajstić information content (AvgIpc) is 3.43. The number of amides is 1. The van der Waals surface area contributed by atoms with Gasteiger partial charge in [0.2, 0.25) is 10.9 Å². The van der Waals surface area contributed by atoms with E-state index in [0.29, 0.717) is 24.1 Å². The smallest absolute Gasteiger partial charge is 0.335 e. The van der Waals surface area contributed by atoms with E-state index in [1.165, 1.54) is 18.0 Å².